The Morgan fingerprint density at radius 1 is 1.09 bits per heavy atom. The maximum absolute atomic E-state index is 14.9. The van der Waals surface area contributed by atoms with Gasteiger partial charge in [-0.25, -0.2) is 0 Å². The van der Waals surface area contributed by atoms with Gasteiger partial charge in [-0.1, -0.05) is 46.6 Å². The zero-order valence-corrected chi connectivity index (χ0v) is 20.6. The van der Waals surface area contributed by atoms with Crippen molar-refractivity contribution in [2.24, 2.45) is 11.3 Å². The normalized spacial score (nSPS) is 27.4. The Balaban J connectivity index is 2.29. The van der Waals surface area contributed by atoms with Crippen LogP contribution in [0.15, 0.2) is 53.0 Å². The molecule has 0 spiro atoms. The average Bonchev–Trinajstić information content (AvgIpc) is 3.05. The van der Waals surface area contributed by atoms with E-state index in [2.05, 4.69) is 21.2 Å². The number of hydrogen-bond acceptors (Lipinski definition) is 4. The van der Waals surface area contributed by atoms with E-state index in [1.54, 1.807) is 24.3 Å². The monoisotopic (exact) mass is 545 g/mol. The Bertz CT molecular complexity index is 1030. The maximum Gasteiger partial charge on any atom is 0.397 e. The van der Waals surface area contributed by atoms with E-state index in [0.29, 0.717) is 10.6 Å². The van der Waals surface area contributed by atoms with Gasteiger partial charge in [-0.2, -0.15) is 13.2 Å². The van der Waals surface area contributed by atoms with Gasteiger partial charge in [0.25, 0.3) is 0 Å². The van der Waals surface area contributed by atoms with E-state index in [1.165, 1.54) is 38.1 Å². The topological polar surface area (TPSA) is 55.4 Å². The Morgan fingerprint density at radius 2 is 1.67 bits per heavy atom. The summed E-state index contributed by atoms with van der Waals surface area (Å²) in [5, 5.41) is 3.28. The molecule has 33 heavy (non-hydrogen) atoms. The standard InChI is InChI=1S/C24H24BrClF3NO3/c1-4-23(21(32)33-5-2)22(3,24(27,28)29)18(20(31)15-8-12-17(26)13-9-15)19(30-23)14-6-10-16(25)11-7-14/h6-13,18-19,30H,4-5H2,1-3H3/t18-,19-,22-,23+/m0/s1. The Hall–Kier alpha value is -1.90. The summed E-state index contributed by atoms with van der Waals surface area (Å²) >= 11 is 9.24. The summed E-state index contributed by atoms with van der Waals surface area (Å²) in [6, 6.07) is 11.3. The van der Waals surface area contributed by atoms with Gasteiger partial charge in [0, 0.05) is 21.1 Å². The molecule has 0 aliphatic carbocycles. The van der Waals surface area contributed by atoms with E-state index >= 15 is 0 Å². The molecule has 2 aromatic carbocycles. The van der Waals surface area contributed by atoms with Crippen LogP contribution in [-0.4, -0.2) is 30.1 Å². The third kappa shape index (κ3) is 4.21. The average molecular weight is 547 g/mol. The summed E-state index contributed by atoms with van der Waals surface area (Å²) in [5.41, 5.74) is -4.37. The van der Waals surface area contributed by atoms with E-state index in [0.717, 1.165) is 11.4 Å². The van der Waals surface area contributed by atoms with Gasteiger partial charge in [0.2, 0.25) is 0 Å². The van der Waals surface area contributed by atoms with Crippen LogP contribution in [0.4, 0.5) is 13.2 Å². The van der Waals surface area contributed by atoms with Crippen LogP contribution in [0.5, 0.6) is 0 Å². The molecule has 1 heterocycles. The molecule has 178 valence electrons. The molecule has 2 aromatic rings. The van der Waals surface area contributed by atoms with Crippen LogP contribution in [0.1, 0.15) is 49.2 Å². The number of rotatable bonds is 6. The van der Waals surface area contributed by atoms with Crippen LogP contribution in [0.3, 0.4) is 0 Å². The summed E-state index contributed by atoms with van der Waals surface area (Å²) in [5.74, 6) is -3.39. The highest BCUT2D eigenvalue weighted by Gasteiger charge is 2.77. The fourth-order valence-electron chi connectivity index (χ4n) is 4.81. The minimum atomic E-state index is -4.90. The molecule has 1 N–H and O–H groups in total. The molecule has 1 aliphatic rings. The van der Waals surface area contributed by atoms with E-state index in [9.17, 15) is 22.8 Å². The fourth-order valence-corrected chi connectivity index (χ4v) is 5.20. The number of nitrogens with one attached hydrogen (secondary N) is 1. The molecule has 0 bridgehead atoms. The lowest BCUT2D eigenvalue weighted by atomic mass is 9.61. The zero-order valence-electron chi connectivity index (χ0n) is 18.3. The maximum atomic E-state index is 14.9. The van der Waals surface area contributed by atoms with Crippen molar-refractivity contribution >= 4 is 39.3 Å². The molecule has 1 saturated heterocycles. The first-order valence-corrected chi connectivity index (χ1v) is 11.7. The van der Waals surface area contributed by atoms with Gasteiger partial charge in [-0.15, -0.1) is 0 Å². The number of Topliss-reactive ketones (excluding diaryl/α,β-unsaturated/α-hetero) is 1. The van der Waals surface area contributed by atoms with E-state index in [-0.39, 0.29) is 18.6 Å². The van der Waals surface area contributed by atoms with Crippen molar-refractivity contribution in [3.8, 4) is 0 Å². The highest BCUT2D eigenvalue weighted by molar-refractivity contribution is 9.10. The zero-order chi connectivity index (χ0) is 24.6. The molecule has 0 aromatic heterocycles. The van der Waals surface area contributed by atoms with Gasteiger partial charge in [-0.3, -0.25) is 14.9 Å². The largest absolute Gasteiger partial charge is 0.465 e. The second-order valence-electron chi connectivity index (χ2n) is 8.20. The number of ketones is 1. The van der Waals surface area contributed by atoms with Gasteiger partial charge in [-0.05, 0) is 62.2 Å². The quantitative estimate of drug-likeness (QED) is 0.331. The number of carbonyl (C=O) groups excluding carboxylic acids is 2. The molecule has 4 nitrogen and oxygen atoms in total. The van der Waals surface area contributed by atoms with Crippen molar-refractivity contribution in [1.29, 1.82) is 0 Å². The highest BCUT2D eigenvalue weighted by Crippen LogP contribution is 2.62. The van der Waals surface area contributed by atoms with Gasteiger partial charge >= 0.3 is 12.1 Å². The van der Waals surface area contributed by atoms with Crippen molar-refractivity contribution in [2.75, 3.05) is 6.61 Å². The highest BCUT2D eigenvalue weighted by atomic mass is 79.9. The summed E-state index contributed by atoms with van der Waals surface area (Å²) < 4.78 is 50.7. The number of benzene rings is 2. The number of alkyl halides is 3. The van der Waals surface area contributed by atoms with Crippen LogP contribution < -0.4 is 5.32 Å². The summed E-state index contributed by atoms with van der Waals surface area (Å²) in [6.07, 6.45) is -5.13. The van der Waals surface area contributed by atoms with Crippen LogP contribution in [0.25, 0.3) is 0 Å². The fraction of sp³-hybridized carbons (Fsp3) is 0.417. The molecule has 0 amide bonds. The number of hydrogen-bond donors (Lipinski definition) is 1. The predicted octanol–water partition coefficient (Wildman–Crippen LogP) is 6.53. The Kier molecular flexibility index (Phi) is 7.32. The minimum absolute atomic E-state index is 0.0829. The summed E-state index contributed by atoms with van der Waals surface area (Å²) in [7, 11) is 0. The van der Waals surface area contributed by atoms with Crippen molar-refractivity contribution < 1.29 is 27.5 Å². The second kappa shape index (κ2) is 9.39. The smallest absolute Gasteiger partial charge is 0.397 e. The number of esters is 1. The van der Waals surface area contributed by atoms with Crippen molar-refractivity contribution in [2.45, 2.75) is 44.9 Å². The van der Waals surface area contributed by atoms with Gasteiger partial charge < -0.3 is 4.74 Å². The van der Waals surface area contributed by atoms with Crippen LogP contribution in [0.2, 0.25) is 5.02 Å². The molecule has 3 rings (SSSR count). The first-order chi connectivity index (χ1) is 15.4. The van der Waals surface area contributed by atoms with Gasteiger partial charge in [0.15, 0.2) is 5.78 Å². The first-order valence-electron chi connectivity index (χ1n) is 10.5. The van der Waals surface area contributed by atoms with Crippen molar-refractivity contribution in [1.82, 2.24) is 5.32 Å². The molecule has 1 fully saturated rings. The molecule has 0 unspecified atom stereocenters. The number of halogens is 5. The summed E-state index contributed by atoms with van der Waals surface area (Å²) in [4.78, 5) is 26.8. The Morgan fingerprint density at radius 3 is 2.15 bits per heavy atom. The van der Waals surface area contributed by atoms with Crippen molar-refractivity contribution in [3.63, 3.8) is 0 Å². The van der Waals surface area contributed by atoms with E-state index in [1.807, 2.05) is 0 Å². The van der Waals surface area contributed by atoms with Gasteiger partial charge in [0.05, 0.1) is 12.5 Å². The number of ether oxygens (including phenoxy) is 1. The van der Waals surface area contributed by atoms with E-state index < -0.39 is 40.8 Å². The lowest BCUT2D eigenvalue weighted by Crippen LogP contribution is -2.64. The minimum Gasteiger partial charge on any atom is -0.465 e. The second-order valence-corrected chi connectivity index (χ2v) is 9.55. The summed E-state index contributed by atoms with van der Waals surface area (Å²) in [6.45, 7) is 3.87. The van der Waals surface area contributed by atoms with Gasteiger partial charge in [0.1, 0.15) is 11.0 Å². The molecule has 0 radical (unpaired) electrons. The third-order valence-corrected chi connectivity index (χ3v) is 7.41. The lowest BCUT2D eigenvalue weighted by Gasteiger charge is -2.44. The van der Waals surface area contributed by atoms with Crippen LogP contribution in [-0.2, 0) is 9.53 Å². The number of carbonyl (C=O) groups is 2. The SMILES string of the molecule is CCOC(=O)[C@@]1(CC)N[C@@H](c2ccc(Br)cc2)[C@@H](C(=O)c2ccc(Cl)cc2)[C@]1(C)C(F)(F)F. The first kappa shape index (κ1) is 25.7. The van der Waals surface area contributed by atoms with Crippen molar-refractivity contribution in [3.05, 3.63) is 69.2 Å². The molecule has 1 aliphatic heterocycles. The Labute approximate surface area is 204 Å². The van der Waals surface area contributed by atoms with Crippen LogP contribution >= 0.6 is 27.5 Å². The molecular formula is C24H24BrClF3NO3. The molecule has 4 atom stereocenters. The van der Waals surface area contributed by atoms with E-state index in [4.69, 9.17) is 16.3 Å². The lowest BCUT2D eigenvalue weighted by molar-refractivity contribution is -0.248. The third-order valence-electron chi connectivity index (χ3n) is 6.63. The molecule has 9 heteroatoms. The predicted molar refractivity (Wildman–Crippen MR) is 123 cm³/mol. The molecular weight excluding hydrogens is 523 g/mol. The molecule has 0 saturated carbocycles. The van der Waals surface area contributed by atoms with Crippen LogP contribution in [0, 0.1) is 11.3 Å².